The van der Waals surface area contributed by atoms with Gasteiger partial charge in [-0.2, -0.15) is 0 Å². The van der Waals surface area contributed by atoms with Crippen LogP contribution in [0, 0.1) is 0 Å². The Morgan fingerprint density at radius 2 is 0.914 bits per heavy atom. The molecule has 282 valence electrons. The Morgan fingerprint density at radius 3 is 1.66 bits per heavy atom. The maximum absolute atomic E-state index is 2.48. The second-order valence-electron chi connectivity index (χ2n) is 17.3. The van der Waals surface area contributed by atoms with E-state index in [0.29, 0.717) is 0 Å². The Kier molecular flexibility index (Phi) is 8.68. The van der Waals surface area contributed by atoms with Crippen LogP contribution in [0.25, 0.3) is 60.9 Å². The minimum Gasteiger partial charge on any atom is -0.310 e. The van der Waals surface area contributed by atoms with Crippen molar-refractivity contribution in [3.63, 3.8) is 0 Å². The predicted molar refractivity (Wildman–Crippen MR) is 247 cm³/mol. The number of anilines is 3. The molecule has 2 heteroatoms. The Labute approximate surface area is 342 Å². The van der Waals surface area contributed by atoms with Crippen LogP contribution in [-0.4, -0.2) is 4.57 Å². The Bertz CT molecular complexity index is 2950. The van der Waals surface area contributed by atoms with Gasteiger partial charge in [-0.05, 0) is 135 Å². The van der Waals surface area contributed by atoms with Gasteiger partial charge in [-0.15, -0.1) is 0 Å². The van der Waals surface area contributed by atoms with Crippen LogP contribution in [0.5, 0.6) is 0 Å². The van der Waals surface area contributed by atoms with Crippen LogP contribution < -0.4 is 4.90 Å². The normalized spacial score (nSPS) is 14.3. The molecule has 0 atom stereocenters. The number of hydrogen-bond acceptors (Lipinski definition) is 1. The molecule has 0 unspecified atom stereocenters. The van der Waals surface area contributed by atoms with E-state index in [0.717, 1.165) is 17.1 Å². The second-order valence-corrected chi connectivity index (χ2v) is 17.3. The van der Waals surface area contributed by atoms with Crippen LogP contribution >= 0.6 is 0 Å². The molecule has 0 amide bonds. The summed E-state index contributed by atoms with van der Waals surface area (Å²) in [5.41, 5.74) is 17.5. The third-order valence-corrected chi connectivity index (χ3v) is 12.6. The molecule has 0 radical (unpaired) electrons. The molecule has 1 aliphatic carbocycles. The summed E-state index contributed by atoms with van der Waals surface area (Å²) in [7, 11) is 0. The van der Waals surface area contributed by atoms with Crippen molar-refractivity contribution in [2.24, 2.45) is 0 Å². The average Bonchev–Trinajstić information content (AvgIpc) is 3.60. The van der Waals surface area contributed by atoms with Crippen molar-refractivity contribution >= 4 is 38.9 Å². The lowest BCUT2D eigenvalue weighted by Crippen LogP contribution is -2.33. The van der Waals surface area contributed by atoms with E-state index < -0.39 is 0 Å². The van der Waals surface area contributed by atoms with E-state index in [-0.39, 0.29) is 10.8 Å². The van der Waals surface area contributed by atoms with Gasteiger partial charge < -0.3 is 9.47 Å². The molecular formula is C56H48N2. The van der Waals surface area contributed by atoms with E-state index in [1.54, 1.807) is 0 Å². The van der Waals surface area contributed by atoms with Crippen molar-refractivity contribution in [3.8, 4) is 39.1 Å². The SMILES string of the molecule is CC1(C)CCC(C)(C)c2cc(-n3c4ccccc4c4cc(-c5cccc(N(c6ccccc6)c6cccc(-c7ccccc7-c7ccccc7)c6)c5)ccc43)ccc21. The number of benzene rings is 8. The second kappa shape index (κ2) is 14.1. The van der Waals surface area contributed by atoms with Gasteiger partial charge in [0.25, 0.3) is 0 Å². The summed E-state index contributed by atoms with van der Waals surface area (Å²) in [6.07, 6.45) is 2.41. The highest BCUT2D eigenvalue weighted by Crippen LogP contribution is 2.47. The molecule has 2 nitrogen and oxygen atoms in total. The summed E-state index contributed by atoms with van der Waals surface area (Å²) in [6.45, 7) is 9.63. The fraction of sp³-hybridized carbons (Fsp3) is 0.143. The molecule has 1 aliphatic rings. The van der Waals surface area contributed by atoms with Crippen LogP contribution in [0.3, 0.4) is 0 Å². The predicted octanol–water partition coefficient (Wildman–Crippen LogP) is 15.6. The topological polar surface area (TPSA) is 8.17 Å². The fourth-order valence-corrected chi connectivity index (χ4v) is 9.41. The first-order valence-electron chi connectivity index (χ1n) is 20.6. The summed E-state index contributed by atoms with van der Waals surface area (Å²) in [6, 6.07) is 71.2. The van der Waals surface area contributed by atoms with Crippen molar-refractivity contribution in [2.45, 2.75) is 51.4 Å². The zero-order valence-electron chi connectivity index (χ0n) is 33.8. The molecular weight excluding hydrogens is 701 g/mol. The molecule has 0 bridgehead atoms. The Hall–Kier alpha value is -6.64. The van der Waals surface area contributed by atoms with Gasteiger partial charge in [-0.3, -0.25) is 0 Å². The number of aromatic nitrogens is 1. The fourth-order valence-electron chi connectivity index (χ4n) is 9.41. The van der Waals surface area contributed by atoms with Crippen LogP contribution in [-0.2, 0) is 10.8 Å². The van der Waals surface area contributed by atoms with Crippen LogP contribution in [0.4, 0.5) is 17.1 Å². The van der Waals surface area contributed by atoms with Crippen molar-refractivity contribution in [1.29, 1.82) is 0 Å². The Morgan fingerprint density at radius 1 is 0.379 bits per heavy atom. The van der Waals surface area contributed by atoms with Gasteiger partial charge >= 0.3 is 0 Å². The van der Waals surface area contributed by atoms with E-state index in [2.05, 4.69) is 231 Å². The van der Waals surface area contributed by atoms with Gasteiger partial charge in [0.05, 0.1) is 11.0 Å². The monoisotopic (exact) mass is 748 g/mol. The van der Waals surface area contributed by atoms with Gasteiger partial charge in [0.2, 0.25) is 0 Å². The lowest BCUT2D eigenvalue weighted by atomic mass is 9.63. The largest absolute Gasteiger partial charge is 0.310 e. The molecule has 9 aromatic rings. The quantitative estimate of drug-likeness (QED) is 0.158. The van der Waals surface area contributed by atoms with E-state index >= 15 is 0 Å². The molecule has 0 N–H and O–H groups in total. The summed E-state index contributed by atoms with van der Waals surface area (Å²) in [5, 5.41) is 2.53. The molecule has 0 aliphatic heterocycles. The molecule has 58 heavy (non-hydrogen) atoms. The van der Waals surface area contributed by atoms with Gasteiger partial charge in [0, 0.05) is 33.5 Å². The van der Waals surface area contributed by atoms with E-state index in [1.165, 1.54) is 84.8 Å². The minimum absolute atomic E-state index is 0.138. The summed E-state index contributed by atoms with van der Waals surface area (Å²) >= 11 is 0. The van der Waals surface area contributed by atoms with Gasteiger partial charge in [-0.1, -0.05) is 155 Å². The zero-order chi connectivity index (χ0) is 39.4. The first-order valence-corrected chi connectivity index (χ1v) is 20.6. The van der Waals surface area contributed by atoms with E-state index in [9.17, 15) is 0 Å². The highest BCUT2D eigenvalue weighted by molar-refractivity contribution is 6.10. The molecule has 1 aromatic heterocycles. The van der Waals surface area contributed by atoms with E-state index in [1.807, 2.05) is 0 Å². The standard InChI is InChI=1S/C56H48N2/c1-55(2)33-34-56(3,4)52-38-46(30-31-51(52)55)58-53-28-14-13-27-49(53)50-37-41(29-32-54(50)58)40-19-15-23-44(35-40)57(43-21-9-6-10-22-43)45-24-16-20-42(36-45)48-26-12-11-25-47(48)39-17-7-5-8-18-39/h5-32,35-38H,33-34H2,1-4H3. The molecule has 0 saturated carbocycles. The summed E-state index contributed by atoms with van der Waals surface area (Å²) in [5.74, 6) is 0. The zero-order valence-corrected chi connectivity index (χ0v) is 33.8. The summed E-state index contributed by atoms with van der Waals surface area (Å²) < 4.78 is 2.48. The molecule has 0 saturated heterocycles. The number of hydrogen-bond donors (Lipinski definition) is 0. The van der Waals surface area contributed by atoms with Crippen molar-refractivity contribution in [3.05, 3.63) is 205 Å². The van der Waals surface area contributed by atoms with Crippen molar-refractivity contribution in [1.82, 2.24) is 4.57 Å². The maximum Gasteiger partial charge on any atom is 0.0541 e. The number of para-hydroxylation sites is 2. The smallest absolute Gasteiger partial charge is 0.0541 e. The van der Waals surface area contributed by atoms with Crippen LogP contribution in [0.1, 0.15) is 51.7 Å². The molecule has 10 rings (SSSR count). The highest BCUT2D eigenvalue weighted by atomic mass is 15.1. The highest BCUT2D eigenvalue weighted by Gasteiger charge is 2.37. The first kappa shape index (κ1) is 35.8. The number of fused-ring (bicyclic) bond motifs is 4. The minimum atomic E-state index is 0.138. The van der Waals surface area contributed by atoms with Crippen molar-refractivity contribution in [2.75, 3.05) is 4.90 Å². The number of rotatable bonds is 7. The van der Waals surface area contributed by atoms with Gasteiger partial charge in [0.15, 0.2) is 0 Å². The first-order chi connectivity index (χ1) is 28.2. The van der Waals surface area contributed by atoms with E-state index in [4.69, 9.17) is 0 Å². The van der Waals surface area contributed by atoms with Gasteiger partial charge in [0.1, 0.15) is 0 Å². The van der Waals surface area contributed by atoms with Gasteiger partial charge in [-0.25, -0.2) is 0 Å². The Balaban J connectivity index is 1.08. The summed E-state index contributed by atoms with van der Waals surface area (Å²) in [4.78, 5) is 2.38. The van der Waals surface area contributed by atoms with Crippen molar-refractivity contribution < 1.29 is 0 Å². The molecule has 8 aromatic carbocycles. The third kappa shape index (κ3) is 6.21. The lowest BCUT2D eigenvalue weighted by Gasteiger charge is -2.42. The lowest BCUT2D eigenvalue weighted by molar-refractivity contribution is 0.332. The maximum atomic E-state index is 2.48. The van der Waals surface area contributed by atoms with Crippen LogP contribution in [0.15, 0.2) is 194 Å². The van der Waals surface area contributed by atoms with Crippen LogP contribution in [0.2, 0.25) is 0 Å². The molecule has 1 heterocycles. The number of nitrogens with zero attached hydrogens (tertiary/aromatic N) is 2. The third-order valence-electron chi connectivity index (χ3n) is 12.6. The molecule has 0 fully saturated rings. The average molecular weight is 749 g/mol. The molecule has 0 spiro atoms.